The molecule has 2 fully saturated rings. The molecule has 3 rings (SSSR count). The lowest BCUT2D eigenvalue weighted by atomic mass is 9.92. The minimum absolute atomic E-state index is 0.000916. The van der Waals surface area contributed by atoms with Crippen molar-refractivity contribution in [1.29, 1.82) is 0 Å². The number of aromatic nitrogens is 2. The van der Waals surface area contributed by atoms with Crippen molar-refractivity contribution in [3.05, 3.63) is 18.0 Å². The molecule has 0 saturated carbocycles. The van der Waals surface area contributed by atoms with Gasteiger partial charge in [-0.3, -0.25) is 14.3 Å². The number of carbonyl (C=O) groups excluding carboxylic acids is 2. The van der Waals surface area contributed by atoms with Crippen LogP contribution < -0.4 is 10.6 Å². The van der Waals surface area contributed by atoms with Crippen molar-refractivity contribution in [2.75, 3.05) is 6.61 Å². The van der Waals surface area contributed by atoms with E-state index in [-0.39, 0.29) is 36.5 Å². The fourth-order valence-electron chi connectivity index (χ4n) is 3.18. The molecule has 2 amide bonds. The third-order valence-corrected chi connectivity index (χ3v) is 4.38. The minimum Gasteiger partial charge on any atom is -0.376 e. The maximum Gasteiger partial charge on any atom is 0.242 e. The number of carbonyl (C=O) groups is 2. The summed E-state index contributed by atoms with van der Waals surface area (Å²) < 4.78 is 7.36. The van der Waals surface area contributed by atoms with Gasteiger partial charge in [0.05, 0.1) is 18.2 Å². The number of rotatable bonds is 4. The fraction of sp³-hybridized carbons (Fsp3) is 0.667. The van der Waals surface area contributed by atoms with Crippen LogP contribution in [0.1, 0.15) is 31.4 Å². The molecule has 2 N–H and O–H groups in total. The largest absolute Gasteiger partial charge is 0.376 e. The minimum atomic E-state index is -0.133. The zero-order valence-corrected chi connectivity index (χ0v) is 12.7. The van der Waals surface area contributed by atoms with E-state index < -0.39 is 0 Å². The summed E-state index contributed by atoms with van der Waals surface area (Å²) in [4.78, 5) is 23.9. The van der Waals surface area contributed by atoms with Crippen LogP contribution >= 0.6 is 0 Å². The second-order valence-corrected chi connectivity index (χ2v) is 5.99. The monoisotopic (exact) mass is 306 g/mol. The molecule has 22 heavy (non-hydrogen) atoms. The number of hydrogen-bond acceptors (Lipinski definition) is 4. The van der Waals surface area contributed by atoms with Crippen molar-refractivity contribution in [3.8, 4) is 0 Å². The first kappa shape index (κ1) is 15.0. The molecule has 7 nitrogen and oxygen atoms in total. The van der Waals surface area contributed by atoms with E-state index in [4.69, 9.17) is 4.74 Å². The van der Waals surface area contributed by atoms with Gasteiger partial charge in [0.1, 0.15) is 6.54 Å². The van der Waals surface area contributed by atoms with E-state index in [1.165, 1.54) is 0 Å². The Morgan fingerprint density at radius 1 is 1.55 bits per heavy atom. The Balaban J connectivity index is 1.62. The highest BCUT2D eigenvalue weighted by Crippen LogP contribution is 2.22. The van der Waals surface area contributed by atoms with Crippen molar-refractivity contribution < 1.29 is 14.3 Å². The SMILES string of the molecule is Cc1ccnn1CC(=O)N[C@H]1CCC(=O)N[C@@H]1C1CCCO1. The van der Waals surface area contributed by atoms with Crippen LogP contribution in [-0.4, -0.2) is 46.4 Å². The van der Waals surface area contributed by atoms with Crippen LogP contribution in [0.4, 0.5) is 0 Å². The molecular weight excluding hydrogens is 284 g/mol. The van der Waals surface area contributed by atoms with E-state index >= 15 is 0 Å². The van der Waals surface area contributed by atoms with Gasteiger partial charge in [-0.25, -0.2) is 0 Å². The Bertz CT molecular complexity index is 551. The van der Waals surface area contributed by atoms with E-state index in [0.717, 1.165) is 25.1 Å². The lowest BCUT2D eigenvalue weighted by Crippen LogP contribution is -2.60. The van der Waals surface area contributed by atoms with Gasteiger partial charge in [0.25, 0.3) is 0 Å². The second-order valence-electron chi connectivity index (χ2n) is 5.99. The van der Waals surface area contributed by atoms with E-state index in [2.05, 4.69) is 15.7 Å². The van der Waals surface area contributed by atoms with Gasteiger partial charge in [0.15, 0.2) is 0 Å². The fourth-order valence-corrected chi connectivity index (χ4v) is 3.18. The number of ether oxygens (including phenoxy) is 1. The molecule has 0 aliphatic carbocycles. The highest BCUT2D eigenvalue weighted by atomic mass is 16.5. The van der Waals surface area contributed by atoms with E-state index in [1.807, 2.05) is 13.0 Å². The Labute approximate surface area is 129 Å². The van der Waals surface area contributed by atoms with Crippen LogP contribution in [0.15, 0.2) is 12.3 Å². The molecule has 0 bridgehead atoms. The molecule has 7 heteroatoms. The summed E-state index contributed by atoms with van der Waals surface area (Å²) in [5, 5.41) is 10.1. The van der Waals surface area contributed by atoms with Crippen LogP contribution in [0.5, 0.6) is 0 Å². The second kappa shape index (κ2) is 6.48. The maximum atomic E-state index is 12.2. The Morgan fingerprint density at radius 3 is 3.09 bits per heavy atom. The molecule has 0 radical (unpaired) electrons. The number of nitrogens with one attached hydrogen (secondary N) is 2. The molecule has 3 heterocycles. The van der Waals surface area contributed by atoms with E-state index in [9.17, 15) is 9.59 Å². The van der Waals surface area contributed by atoms with Crippen LogP contribution in [0.25, 0.3) is 0 Å². The van der Waals surface area contributed by atoms with Crippen LogP contribution in [0, 0.1) is 6.92 Å². The highest BCUT2D eigenvalue weighted by Gasteiger charge is 2.37. The Morgan fingerprint density at radius 2 is 2.41 bits per heavy atom. The van der Waals surface area contributed by atoms with Crippen molar-refractivity contribution >= 4 is 11.8 Å². The molecule has 0 aromatic carbocycles. The topological polar surface area (TPSA) is 85.2 Å². The van der Waals surface area contributed by atoms with Crippen molar-refractivity contribution in [3.63, 3.8) is 0 Å². The number of aryl methyl sites for hydroxylation is 1. The van der Waals surface area contributed by atoms with E-state index in [1.54, 1.807) is 10.9 Å². The first-order valence-corrected chi connectivity index (χ1v) is 7.82. The summed E-state index contributed by atoms with van der Waals surface area (Å²) >= 11 is 0. The van der Waals surface area contributed by atoms with Gasteiger partial charge in [0.2, 0.25) is 11.8 Å². The molecule has 2 saturated heterocycles. The van der Waals surface area contributed by atoms with Crippen molar-refractivity contribution in [1.82, 2.24) is 20.4 Å². The zero-order valence-electron chi connectivity index (χ0n) is 12.7. The number of piperidine rings is 1. The summed E-state index contributed by atoms with van der Waals surface area (Å²) in [6, 6.07) is 1.65. The van der Waals surface area contributed by atoms with Gasteiger partial charge < -0.3 is 15.4 Å². The Hall–Kier alpha value is -1.89. The molecule has 120 valence electrons. The van der Waals surface area contributed by atoms with Crippen LogP contribution in [0.2, 0.25) is 0 Å². The van der Waals surface area contributed by atoms with E-state index in [0.29, 0.717) is 12.8 Å². The third-order valence-electron chi connectivity index (χ3n) is 4.38. The lowest BCUT2D eigenvalue weighted by molar-refractivity contribution is -0.129. The number of hydrogen-bond donors (Lipinski definition) is 2. The molecule has 1 unspecified atom stereocenters. The molecular formula is C15H22N4O3. The number of nitrogens with zero attached hydrogens (tertiary/aromatic N) is 2. The van der Waals surface area contributed by atoms with Crippen molar-refractivity contribution in [2.45, 2.75) is 57.3 Å². The zero-order chi connectivity index (χ0) is 15.5. The van der Waals surface area contributed by atoms with Gasteiger partial charge >= 0.3 is 0 Å². The third kappa shape index (κ3) is 3.30. The summed E-state index contributed by atoms with van der Waals surface area (Å²) in [5.41, 5.74) is 0.947. The van der Waals surface area contributed by atoms with Crippen LogP contribution in [0.3, 0.4) is 0 Å². The highest BCUT2D eigenvalue weighted by molar-refractivity contribution is 5.79. The van der Waals surface area contributed by atoms with Gasteiger partial charge in [-0.1, -0.05) is 0 Å². The lowest BCUT2D eigenvalue weighted by Gasteiger charge is -2.36. The predicted molar refractivity (Wildman–Crippen MR) is 79.0 cm³/mol. The van der Waals surface area contributed by atoms with Gasteiger partial charge in [-0.2, -0.15) is 5.10 Å². The molecule has 1 aromatic rings. The van der Waals surface area contributed by atoms with Crippen LogP contribution in [-0.2, 0) is 20.9 Å². The summed E-state index contributed by atoms with van der Waals surface area (Å²) in [7, 11) is 0. The Kier molecular flexibility index (Phi) is 4.42. The molecule has 0 spiro atoms. The van der Waals surface area contributed by atoms with Gasteiger partial charge in [-0.15, -0.1) is 0 Å². The van der Waals surface area contributed by atoms with Gasteiger partial charge in [-0.05, 0) is 32.3 Å². The summed E-state index contributed by atoms with van der Waals surface area (Å²) in [6.07, 6.45) is 4.70. The summed E-state index contributed by atoms with van der Waals surface area (Å²) in [5.74, 6) is -0.0511. The predicted octanol–water partition coefficient (Wildman–Crippen LogP) is 0.134. The molecule has 2 aliphatic rings. The smallest absolute Gasteiger partial charge is 0.242 e. The average Bonchev–Trinajstić information content (AvgIpc) is 3.14. The normalized spacial score (nSPS) is 28.4. The molecule has 1 aromatic heterocycles. The van der Waals surface area contributed by atoms with Crippen molar-refractivity contribution in [2.24, 2.45) is 0 Å². The quantitative estimate of drug-likeness (QED) is 0.828. The molecule has 2 aliphatic heterocycles. The first-order chi connectivity index (χ1) is 10.6. The molecule has 3 atom stereocenters. The van der Waals surface area contributed by atoms with Gasteiger partial charge in [0, 0.05) is 24.9 Å². The standard InChI is InChI=1S/C15H22N4O3/c1-10-6-7-16-19(10)9-14(21)17-11-4-5-13(20)18-15(11)12-3-2-8-22-12/h6-7,11-12,15H,2-5,8-9H2,1H3,(H,17,21)(H,18,20)/t11-,12?,15-/m0/s1. The maximum absolute atomic E-state index is 12.2. The first-order valence-electron chi connectivity index (χ1n) is 7.82. The number of amides is 2. The average molecular weight is 306 g/mol. The summed E-state index contributed by atoms with van der Waals surface area (Å²) in [6.45, 7) is 2.84.